The molecule has 0 spiro atoms. The predicted octanol–water partition coefficient (Wildman–Crippen LogP) is -0.272. The van der Waals surface area contributed by atoms with Crippen LogP contribution in [0.4, 0.5) is 0 Å². The van der Waals surface area contributed by atoms with Gasteiger partial charge >= 0.3 is 5.97 Å². The highest BCUT2D eigenvalue weighted by Gasteiger charge is 2.48. The molecule has 1 aromatic heterocycles. The lowest BCUT2D eigenvalue weighted by Crippen LogP contribution is -2.54. The number of aliphatic hydroxyl groups excluding tert-OH is 3. The molecule has 1 heterocycles. The summed E-state index contributed by atoms with van der Waals surface area (Å²) in [5, 5.41) is 59.8. The number of aliphatic hydroxyl groups is 4. The molecule has 33 heavy (non-hydrogen) atoms. The van der Waals surface area contributed by atoms with Crippen molar-refractivity contribution >= 4 is 23.2 Å². The van der Waals surface area contributed by atoms with Gasteiger partial charge in [-0.25, -0.2) is 4.79 Å². The van der Waals surface area contributed by atoms with Gasteiger partial charge < -0.3 is 39.8 Å². The molecule has 4 atom stereocenters. The summed E-state index contributed by atoms with van der Waals surface area (Å²) in [4.78, 5) is 35.5. The van der Waals surface area contributed by atoms with Gasteiger partial charge in [0.15, 0.2) is 34.8 Å². The van der Waals surface area contributed by atoms with E-state index < -0.39 is 52.4 Å². The average molecular weight is 460 g/mol. The predicted molar refractivity (Wildman–Crippen MR) is 112 cm³/mol. The van der Waals surface area contributed by atoms with Crippen LogP contribution in [-0.4, -0.2) is 68.3 Å². The third-order valence-electron chi connectivity index (χ3n) is 5.16. The van der Waals surface area contributed by atoms with Gasteiger partial charge in [-0.3, -0.25) is 9.59 Å². The van der Waals surface area contributed by atoms with E-state index in [9.17, 15) is 39.9 Å². The van der Waals surface area contributed by atoms with Crippen molar-refractivity contribution in [3.63, 3.8) is 0 Å². The number of ether oxygens (including phenoxy) is 1. The third-order valence-corrected chi connectivity index (χ3v) is 5.16. The van der Waals surface area contributed by atoms with Crippen molar-refractivity contribution in [3.05, 3.63) is 58.3 Å². The van der Waals surface area contributed by atoms with E-state index in [2.05, 4.69) is 0 Å². The molecule has 0 saturated heterocycles. The Morgan fingerprint density at radius 1 is 1.15 bits per heavy atom. The van der Waals surface area contributed by atoms with E-state index in [1.54, 1.807) is 30.3 Å². The number of carboxylic acid groups (broad SMARTS) is 1. The van der Waals surface area contributed by atoms with Crippen LogP contribution in [0.5, 0.6) is 11.5 Å². The van der Waals surface area contributed by atoms with E-state index in [1.807, 2.05) is 0 Å². The summed E-state index contributed by atoms with van der Waals surface area (Å²) >= 11 is 0. The second kappa shape index (κ2) is 9.00. The number of benzene rings is 2. The van der Waals surface area contributed by atoms with Crippen molar-refractivity contribution < 1.29 is 49.4 Å². The topological polar surface area (TPSA) is 195 Å². The molecule has 174 valence electrons. The van der Waals surface area contributed by atoms with Crippen LogP contribution in [-0.2, 0) is 15.2 Å². The summed E-state index contributed by atoms with van der Waals surface area (Å²) in [5.41, 5.74) is -4.33. The molecule has 0 saturated carbocycles. The van der Waals surface area contributed by atoms with Crippen LogP contribution < -0.4 is 10.2 Å². The van der Waals surface area contributed by atoms with Gasteiger partial charge in [0.1, 0.15) is 29.1 Å². The number of methoxy groups -OCH3 is 1. The Balaban J connectivity index is 2.31. The highest BCUT2D eigenvalue weighted by Crippen LogP contribution is 2.42. The van der Waals surface area contributed by atoms with Crippen LogP contribution in [0.15, 0.2) is 51.7 Å². The Morgan fingerprint density at radius 3 is 2.33 bits per heavy atom. The Labute approximate surface area is 185 Å². The third kappa shape index (κ3) is 4.05. The van der Waals surface area contributed by atoms with Crippen LogP contribution in [0, 0.1) is 0 Å². The molecule has 3 aromatic rings. The monoisotopic (exact) mass is 460 g/mol. The van der Waals surface area contributed by atoms with Crippen molar-refractivity contribution in [2.24, 2.45) is 0 Å². The molecular formula is C22H20O11. The van der Waals surface area contributed by atoms with E-state index >= 15 is 0 Å². The lowest BCUT2D eigenvalue weighted by atomic mass is 9.83. The molecule has 0 radical (unpaired) electrons. The van der Waals surface area contributed by atoms with Crippen molar-refractivity contribution in [1.29, 1.82) is 0 Å². The summed E-state index contributed by atoms with van der Waals surface area (Å²) in [7, 11) is 1.09. The van der Waals surface area contributed by atoms with Crippen LogP contribution in [0.3, 0.4) is 0 Å². The van der Waals surface area contributed by atoms with E-state index in [0.29, 0.717) is 5.56 Å². The molecule has 3 unspecified atom stereocenters. The molecule has 0 amide bonds. The molecule has 0 aliphatic rings. The number of hydrogen-bond acceptors (Lipinski definition) is 10. The fourth-order valence-corrected chi connectivity index (χ4v) is 3.41. The lowest BCUT2D eigenvalue weighted by molar-refractivity contribution is -0.178. The zero-order valence-corrected chi connectivity index (χ0v) is 17.1. The van der Waals surface area contributed by atoms with Gasteiger partial charge in [0.25, 0.3) is 0 Å². The fourth-order valence-electron chi connectivity index (χ4n) is 3.41. The highest BCUT2D eigenvalue weighted by molar-refractivity contribution is 5.92. The van der Waals surface area contributed by atoms with Crippen LogP contribution in [0.2, 0.25) is 0 Å². The van der Waals surface area contributed by atoms with Gasteiger partial charge in [0.05, 0.1) is 7.11 Å². The first-order valence-corrected chi connectivity index (χ1v) is 9.46. The number of aliphatic carboxylic acids is 1. The highest BCUT2D eigenvalue weighted by atomic mass is 16.5. The van der Waals surface area contributed by atoms with E-state index in [1.165, 1.54) is 0 Å². The molecule has 0 aliphatic carbocycles. The van der Waals surface area contributed by atoms with Gasteiger partial charge in [0.2, 0.25) is 0 Å². The maximum absolute atomic E-state index is 12.7. The maximum Gasteiger partial charge on any atom is 0.335 e. The minimum atomic E-state index is -3.09. The minimum absolute atomic E-state index is 0.0551. The number of hydrogen-bond donors (Lipinski definition) is 6. The normalized spacial score (nSPS) is 15.9. The fraction of sp³-hybridized carbons (Fsp3) is 0.227. The summed E-state index contributed by atoms with van der Waals surface area (Å²) in [6, 6.07) is 10.2. The number of aldehydes is 1. The molecule has 0 fully saturated rings. The number of carboxylic acids is 1. The van der Waals surface area contributed by atoms with E-state index in [-0.39, 0.29) is 23.0 Å². The number of rotatable bonds is 8. The number of carbonyl (C=O) groups is 2. The number of fused-ring (bicyclic) bond motifs is 1. The standard InChI is InChI=1S/C22H20O11/c1-32-18-11(22(31,9-23)20(28)16(26)17(27)21(29)30)7-12(24)15-13(25)8-14(33-19(15)18)10-5-3-2-4-6-10/h2-9,16-17,20,24,26-28,31H,1H3,(H,29,30)/t16?,17?,20?,22-/m1/s1. The Hall–Kier alpha value is -3.77. The van der Waals surface area contributed by atoms with E-state index in [4.69, 9.17) is 14.3 Å². The van der Waals surface area contributed by atoms with Crippen molar-refractivity contribution in [1.82, 2.24) is 0 Å². The summed E-state index contributed by atoms with van der Waals surface area (Å²) in [6.07, 6.45) is -7.91. The first-order valence-electron chi connectivity index (χ1n) is 9.46. The summed E-state index contributed by atoms with van der Waals surface area (Å²) in [6.45, 7) is 0. The van der Waals surface area contributed by atoms with Crippen molar-refractivity contribution in [2.45, 2.75) is 23.9 Å². The second-order valence-corrected chi connectivity index (χ2v) is 7.18. The number of aromatic hydroxyl groups is 1. The average Bonchev–Trinajstić information content (AvgIpc) is 2.81. The molecule has 11 heteroatoms. The van der Waals surface area contributed by atoms with Crippen molar-refractivity contribution in [3.8, 4) is 22.8 Å². The van der Waals surface area contributed by atoms with Crippen LogP contribution >= 0.6 is 0 Å². The number of phenolic OH excluding ortho intramolecular Hbond substituents is 1. The number of phenols is 1. The zero-order valence-electron chi connectivity index (χ0n) is 17.1. The Bertz CT molecular complexity index is 1250. The Kier molecular flexibility index (Phi) is 6.51. The van der Waals surface area contributed by atoms with Crippen molar-refractivity contribution in [2.75, 3.05) is 7.11 Å². The second-order valence-electron chi connectivity index (χ2n) is 7.18. The largest absolute Gasteiger partial charge is 0.507 e. The quantitative estimate of drug-likeness (QED) is 0.242. The zero-order chi connectivity index (χ0) is 24.5. The molecule has 2 aromatic carbocycles. The molecule has 6 N–H and O–H groups in total. The molecule has 11 nitrogen and oxygen atoms in total. The minimum Gasteiger partial charge on any atom is -0.507 e. The molecule has 0 aliphatic heterocycles. The molecular weight excluding hydrogens is 440 g/mol. The first kappa shape index (κ1) is 23.9. The smallest absolute Gasteiger partial charge is 0.335 e. The van der Waals surface area contributed by atoms with Crippen LogP contribution in [0.1, 0.15) is 5.56 Å². The summed E-state index contributed by atoms with van der Waals surface area (Å²) < 4.78 is 10.9. The SMILES string of the molecule is COc1c([C@](O)(C=O)C(O)C(O)C(O)C(=O)O)cc(O)c2c(=O)cc(-c3ccccc3)oc12. The van der Waals surface area contributed by atoms with E-state index in [0.717, 1.165) is 19.2 Å². The molecule has 0 bridgehead atoms. The number of carbonyl (C=O) groups excluding carboxylic acids is 1. The molecule has 3 rings (SSSR count). The van der Waals surface area contributed by atoms with Crippen LogP contribution in [0.25, 0.3) is 22.3 Å². The lowest BCUT2D eigenvalue weighted by Gasteiger charge is -2.33. The maximum atomic E-state index is 12.7. The van der Waals surface area contributed by atoms with Gasteiger partial charge in [0, 0.05) is 17.2 Å². The Morgan fingerprint density at radius 2 is 1.79 bits per heavy atom. The van der Waals surface area contributed by atoms with Gasteiger partial charge in [-0.1, -0.05) is 30.3 Å². The first-order chi connectivity index (χ1) is 15.6. The summed E-state index contributed by atoms with van der Waals surface area (Å²) in [5.74, 6) is -3.08. The van der Waals surface area contributed by atoms with Gasteiger partial charge in [-0.2, -0.15) is 0 Å². The van der Waals surface area contributed by atoms with Gasteiger partial charge in [-0.15, -0.1) is 0 Å². The van der Waals surface area contributed by atoms with Gasteiger partial charge in [-0.05, 0) is 6.07 Å².